The third-order valence-electron chi connectivity index (χ3n) is 5.20. The standard InChI is InChI=1S/C20H28N4O3S/c1-14-5-6-16(15(2)12-14)21-20(27)22-18(25)13-24-7-3-4-17(24)19(26)23-8-10-28-11-9-23/h5-6,12,17H,3-4,7-11,13H2,1-2H3,(H2,21,22,25,27). The van der Waals surface area contributed by atoms with E-state index in [0.29, 0.717) is 12.2 Å². The van der Waals surface area contributed by atoms with E-state index in [1.165, 1.54) is 0 Å². The Morgan fingerprint density at radius 1 is 1.14 bits per heavy atom. The van der Waals surface area contributed by atoms with Crippen LogP contribution in [0.4, 0.5) is 10.5 Å². The van der Waals surface area contributed by atoms with Gasteiger partial charge < -0.3 is 10.2 Å². The Kier molecular flexibility index (Phi) is 6.96. The second kappa shape index (κ2) is 9.43. The first-order valence-electron chi connectivity index (χ1n) is 9.72. The lowest BCUT2D eigenvalue weighted by atomic mass is 10.1. The Labute approximate surface area is 170 Å². The number of hydrogen-bond acceptors (Lipinski definition) is 5. The Morgan fingerprint density at radius 3 is 2.61 bits per heavy atom. The maximum atomic E-state index is 12.8. The van der Waals surface area contributed by atoms with Crippen LogP contribution in [0.15, 0.2) is 18.2 Å². The fourth-order valence-electron chi connectivity index (χ4n) is 3.75. The zero-order valence-electron chi connectivity index (χ0n) is 16.5. The number of imide groups is 1. The summed E-state index contributed by atoms with van der Waals surface area (Å²) < 4.78 is 0. The molecule has 2 aliphatic heterocycles. The smallest absolute Gasteiger partial charge is 0.325 e. The monoisotopic (exact) mass is 404 g/mol. The van der Waals surface area contributed by atoms with E-state index in [9.17, 15) is 14.4 Å². The van der Waals surface area contributed by atoms with Crippen LogP contribution in [0.3, 0.4) is 0 Å². The molecule has 7 nitrogen and oxygen atoms in total. The molecule has 4 amide bonds. The first-order valence-corrected chi connectivity index (χ1v) is 10.9. The zero-order valence-corrected chi connectivity index (χ0v) is 17.3. The van der Waals surface area contributed by atoms with Crippen LogP contribution in [-0.4, -0.2) is 71.4 Å². The molecule has 2 N–H and O–H groups in total. The number of amides is 4. The van der Waals surface area contributed by atoms with Gasteiger partial charge in [0.05, 0.1) is 12.6 Å². The van der Waals surface area contributed by atoms with Crippen molar-refractivity contribution in [3.05, 3.63) is 29.3 Å². The molecule has 0 bridgehead atoms. The minimum absolute atomic E-state index is 0.0549. The van der Waals surface area contributed by atoms with E-state index < -0.39 is 11.9 Å². The SMILES string of the molecule is Cc1ccc(NC(=O)NC(=O)CN2CCCC2C(=O)N2CCSCC2)c(C)c1. The van der Waals surface area contributed by atoms with Crippen molar-refractivity contribution in [3.63, 3.8) is 0 Å². The van der Waals surface area contributed by atoms with Gasteiger partial charge in [0.15, 0.2) is 0 Å². The Bertz CT molecular complexity index is 749. The Balaban J connectivity index is 1.51. The van der Waals surface area contributed by atoms with Crippen LogP contribution >= 0.6 is 11.8 Å². The number of carbonyl (C=O) groups is 3. The summed E-state index contributed by atoms with van der Waals surface area (Å²) in [6.45, 7) is 6.20. The summed E-state index contributed by atoms with van der Waals surface area (Å²) in [5.74, 6) is 1.66. The van der Waals surface area contributed by atoms with Crippen LogP contribution in [0.2, 0.25) is 0 Å². The van der Waals surface area contributed by atoms with Gasteiger partial charge in [-0.05, 0) is 44.9 Å². The molecular formula is C20H28N4O3S. The lowest BCUT2D eigenvalue weighted by Gasteiger charge is -2.32. The van der Waals surface area contributed by atoms with E-state index in [0.717, 1.165) is 48.6 Å². The third kappa shape index (κ3) is 5.26. The van der Waals surface area contributed by atoms with E-state index in [1.54, 1.807) is 0 Å². The van der Waals surface area contributed by atoms with Crippen LogP contribution in [0, 0.1) is 13.8 Å². The second-order valence-corrected chi connectivity index (χ2v) is 8.61. The first-order chi connectivity index (χ1) is 13.4. The van der Waals surface area contributed by atoms with Crippen LogP contribution in [0.25, 0.3) is 0 Å². The number of likely N-dealkylation sites (tertiary alicyclic amines) is 1. The van der Waals surface area contributed by atoms with Crippen molar-refractivity contribution >= 4 is 35.3 Å². The second-order valence-electron chi connectivity index (χ2n) is 7.39. The highest BCUT2D eigenvalue weighted by Gasteiger charge is 2.35. The van der Waals surface area contributed by atoms with Crippen LogP contribution < -0.4 is 10.6 Å². The Morgan fingerprint density at radius 2 is 1.89 bits per heavy atom. The van der Waals surface area contributed by atoms with Crippen molar-refractivity contribution in [3.8, 4) is 0 Å². The third-order valence-corrected chi connectivity index (χ3v) is 6.14. The molecule has 1 aromatic carbocycles. The average Bonchev–Trinajstić information content (AvgIpc) is 3.12. The number of aryl methyl sites for hydroxylation is 2. The number of benzene rings is 1. The maximum absolute atomic E-state index is 12.8. The molecule has 0 aromatic heterocycles. The summed E-state index contributed by atoms with van der Waals surface area (Å²) in [6.07, 6.45) is 1.66. The van der Waals surface area contributed by atoms with Crippen molar-refractivity contribution in [2.45, 2.75) is 32.7 Å². The molecule has 1 atom stereocenters. The highest BCUT2D eigenvalue weighted by molar-refractivity contribution is 7.99. The number of hydrogen-bond donors (Lipinski definition) is 2. The summed E-state index contributed by atoms with van der Waals surface area (Å²) in [5.41, 5.74) is 2.72. The molecule has 2 saturated heterocycles. The van der Waals surface area contributed by atoms with Crippen molar-refractivity contribution in [1.29, 1.82) is 0 Å². The predicted molar refractivity (Wildman–Crippen MR) is 112 cm³/mol. The van der Waals surface area contributed by atoms with E-state index in [4.69, 9.17) is 0 Å². The molecule has 1 unspecified atom stereocenters. The summed E-state index contributed by atoms with van der Waals surface area (Å²) in [7, 11) is 0. The molecule has 8 heteroatoms. The molecule has 0 spiro atoms. The normalized spacial score (nSPS) is 20.1. The number of anilines is 1. The van der Waals surface area contributed by atoms with E-state index in [2.05, 4.69) is 10.6 Å². The lowest BCUT2D eigenvalue weighted by molar-refractivity contribution is -0.136. The Hall–Kier alpha value is -2.06. The number of urea groups is 1. The van der Waals surface area contributed by atoms with Gasteiger partial charge in [-0.25, -0.2) is 4.79 Å². The number of carbonyl (C=O) groups excluding carboxylic acids is 3. The largest absolute Gasteiger partial charge is 0.340 e. The minimum Gasteiger partial charge on any atom is -0.340 e. The van der Waals surface area contributed by atoms with Gasteiger partial charge in [0.1, 0.15) is 0 Å². The summed E-state index contributed by atoms with van der Waals surface area (Å²) in [6, 6.07) is 4.89. The van der Waals surface area contributed by atoms with Gasteiger partial charge in [0.25, 0.3) is 0 Å². The van der Waals surface area contributed by atoms with Gasteiger partial charge >= 0.3 is 6.03 Å². The topological polar surface area (TPSA) is 81.8 Å². The van der Waals surface area contributed by atoms with Crippen LogP contribution in [0.5, 0.6) is 0 Å². The van der Waals surface area contributed by atoms with Gasteiger partial charge in [0, 0.05) is 30.3 Å². The van der Waals surface area contributed by atoms with E-state index in [1.807, 2.05) is 53.6 Å². The highest BCUT2D eigenvalue weighted by atomic mass is 32.2. The average molecular weight is 405 g/mol. The van der Waals surface area contributed by atoms with Crippen molar-refractivity contribution < 1.29 is 14.4 Å². The highest BCUT2D eigenvalue weighted by Crippen LogP contribution is 2.21. The summed E-state index contributed by atoms with van der Waals surface area (Å²) in [4.78, 5) is 41.1. The molecule has 1 aromatic rings. The molecular weight excluding hydrogens is 376 g/mol. The van der Waals surface area contributed by atoms with Gasteiger partial charge in [-0.3, -0.25) is 19.8 Å². The van der Waals surface area contributed by atoms with Gasteiger partial charge in [-0.1, -0.05) is 17.7 Å². The number of rotatable bonds is 4. The van der Waals surface area contributed by atoms with E-state index in [-0.39, 0.29) is 18.5 Å². The first kappa shape index (κ1) is 20.7. The van der Waals surface area contributed by atoms with Gasteiger partial charge in [-0.2, -0.15) is 11.8 Å². The quantitative estimate of drug-likeness (QED) is 0.802. The minimum atomic E-state index is -0.549. The molecule has 3 rings (SSSR count). The fourth-order valence-corrected chi connectivity index (χ4v) is 4.65. The molecule has 2 aliphatic rings. The molecule has 0 radical (unpaired) electrons. The zero-order chi connectivity index (χ0) is 20.1. The molecule has 2 fully saturated rings. The predicted octanol–water partition coefficient (Wildman–Crippen LogP) is 1.99. The number of nitrogens with zero attached hydrogens (tertiary/aromatic N) is 2. The fraction of sp³-hybridized carbons (Fsp3) is 0.550. The number of thioether (sulfide) groups is 1. The van der Waals surface area contributed by atoms with Crippen molar-refractivity contribution in [1.82, 2.24) is 15.1 Å². The molecule has 28 heavy (non-hydrogen) atoms. The summed E-state index contributed by atoms with van der Waals surface area (Å²) in [5, 5.41) is 5.09. The van der Waals surface area contributed by atoms with Crippen LogP contribution in [-0.2, 0) is 9.59 Å². The lowest BCUT2D eigenvalue weighted by Crippen LogP contribution is -2.51. The van der Waals surface area contributed by atoms with E-state index >= 15 is 0 Å². The molecule has 152 valence electrons. The molecule has 0 aliphatic carbocycles. The maximum Gasteiger partial charge on any atom is 0.325 e. The van der Waals surface area contributed by atoms with Gasteiger partial charge in [-0.15, -0.1) is 0 Å². The number of nitrogens with one attached hydrogen (secondary N) is 2. The molecule has 2 heterocycles. The van der Waals surface area contributed by atoms with Crippen molar-refractivity contribution in [2.24, 2.45) is 0 Å². The summed E-state index contributed by atoms with van der Waals surface area (Å²) >= 11 is 1.86. The van der Waals surface area contributed by atoms with Gasteiger partial charge in [0.2, 0.25) is 11.8 Å². The van der Waals surface area contributed by atoms with Crippen molar-refractivity contribution in [2.75, 3.05) is 43.0 Å². The molecule has 0 saturated carbocycles. The van der Waals surface area contributed by atoms with Crippen LogP contribution in [0.1, 0.15) is 24.0 Å².